The predicted octanol–water partition coefficient (Wildman–Crippen LogP) is 5.77. The van der Waals surface area contributed by atoms with Crippen LogP contribution in [0.4, 0.5) is 0 Å². The summed E-state index contributed by atoms with van der Waals surface area (Å²) in [6, 6.07) is 0. The van der Waals surface area contributed by atoms with E-state index in [1.165, 1.54) is 83.5 Å². The smallest absolute Gasteiger partial charge is 0.0386 e. The van der Waals surface area contributed by atoms with E-state index in [0.29, 0.717) is 0 Å². The molecule has 0 spiro atoms. The van der Waals surface area contributed by atoms with Crippen molar-refractivity contribution in [2.45, 2.75) is 83.5 Å². The van der Waals surface area contributed by atoms with Crippen LogP contribution < -0.4 is 0 Å². The van der Waals surface area contributed by atoms with Gasteiger partial charge in [0.25, 0.3) is 0 Å². The van der Waals surface area contributed by atoms with E-state index in [1.807, 2.05) is 0 Å². The van der Waals surface area contributed by atoms with Gasteiger partial charge in [-0.05, 0) is 17.8 Å². The maximum atomic E-state index is 4.19. The molecule has 2 aliphatic carbocycles. The quantitative estimate of drug-likeness (QED) is 0.492. The third kappa shape index (κ3) is 4.30. The molecule has 1 atom stereocenters. The van der Waals surface area contributed by atoms with Crippen LogP contribution in [0.1, 0.15) is 83.5 Å². The standard InChI is InChI=1S/C17H31/c1-2-16(17-13-7-8-14-17)12-6-5-11-15-9-3-4-10-15/h15-17H,1-14H2. The van der Waals surface area contributed by atoms with E-state index in [1.54, 1.807) is 0 Å². The number of hydrogen-bond donors (Lipinski definition) is 0. The molecule has 0 heteroatoms. The van der Waals surface area contributed by atoms with Crippen molar-refractivity contribution in [1.29, 1.82) is 0 Å². The van der Waals surface area contributed by atoms with Gasteiger partial charge in [-0.15, -0.1) is 0 Å². The van der Waals surface area contributed by atoms with Gasteiger partial charge in [-0.25, -0.2) is 0 Å². The van der Waals surface area contributed by atoms with Crippen LogP contribution in [0.2, 0.25) is 0 Å². The van der Waals surface area contributed by atoms with Gasteiger partial charge in [0.1, 0.15) is 0 Å². The summed E-state index contributed by atoms with van der Waals surface area (Å²) >= 11 is 0. The molecule has 0 nitrogen and oxygen atoms in total. The highest BCUT2D eigenvalue weighted by molar-refractivity contribution is 4.76. The number of hydrogen-bond acceptors (Lipinski definition) is 0. The van der Waals surface area contributed by atoms with E-state index in [-0.39, 0.29) is 0 Å². The highest BCUT2D eigenvalue weighted by Crippen LogP contribution is 2.36. The molecule has 2 fully saturated rings. The second-order valence-corrected chi connectivity index (χ2v) is 6.53. The zero-order chi connectivity index (χ0) is 11.9. The second kappa shape index (κ2) is 7.44. The van der Waals surface area contributed by atoms with Crippen molar-refractivity contribution in [3.8, 4) is 0 Å². The summed E-state index contributed by atoms with van der Waals surface area (Å²) in [5.41, 5.74) is 0. The van der Waals surface area contributed by atoms with E-state index in [9.17, 15) is 0 Å². The first-order valence-corrected chi connectivity index (χ1v) is 8.19. The summed E-state index contributed by atoms with van der Waals surface area (Å²) in [5.74, 6) is 3.10. The van der Waals surface area contributed by atoms with Gasteiger partial charge in [-0.2, -0.15) is 0 Å². The molecule has 0 bridgehead atoms. The minimum Gasteiger partial charge on any atom is -0.0530 e. The minimum absolute atomic E-state index is 0.959. The molecule has 0 aliphatic heterocycles. The zero-order valence-corrected chi connectivity index (χ0v) is 11.6. The first kappa shape index (κ1) is 13.4. The Labute approximate surface area is 109 Å². The second-order valence-electron chi connectivity index (χ2n) is 6.53. The molecular formula is C17H31. The number of unbranched alkanes of at least 4 members (excludes halogenated alkanes) is 1. The Bertz CT molecular complexity index is 184. The van der Waals surface area contributed by atoms with Gasteiger partial charge < -0.3 is 0 Å². The van der Waals surface area contributed by atoms with Gasteiger partial charge in [-0.3, -0.25) is 0 Å². The van der Waals surface area contributed by atoms with Crippen LogP contribution in [-0.2, 0) is 0 Å². The van der Waals surface area contributed by atoms with Crippen LogP contribution in [0, 0.1) is 24.7 Å². The monoisotopic (exact) mass is 235 g/mol. The van der Waals surface area contributed by atoms with Gasteiger partial charge in [0.15, 0.2) is 0 Å². The fraction of sp³-hybridized carbons (Fsp3) is 0.941. The van der Waals surface area contributed by atoms with Crippen LogP contribution in [0.5, 0.6) is 0 Å². The van der Waals surface area contributed by atoms with Crippen LogP contribution in [0.25, 0.3) is 0 Å². The molecule has 1 radical (unpaired) electrons. The lowest BCUT2D eigenvalue weighted by molar-refractivity contribution is 0.305. The lowest BCUT2D eigenvalue weighted by Gasteiger charge is -2.22. The maximum absolute atomic E-state index is 4.19. The topological polar surface area (TPSA) is 0 Å². The lowest BCUT2D eigenvalue weighted by atomic mass is 9.84. The minimum atomic E-state index is 0.959. The summed E-state index contributed by atoms with van der Waals surface area (Å²) in [5, 5.41) is 0. The molecule has 2 rings (SSSR count). The SMILES string of the molecule is [CH2]CC(CCCCC1CCCC1)C1CCCC1. The largest absolute Gasteiger partial charge is 0.0530 e. The molecular weight excluding hydrogens is 204 g/mol. The molecule has 17 heavy (non-hydrogen) atoms. The normalized spacial score (nSPS) is 24.5. The van der Waals surface area contributed by atoms with Crippen molar-refractivity contribution in [3.05, 3.63) is 6.92 Å². The van der Waals surface area contributed by atoms with E-state index >= 15 is 0 Å². The molecule has 0 heterocycles. The Balaban J connectivity index is 1.55. The Morgan fingerprint density at radius 1 is 0.882 bits per heavy atom. The molecule has 0 N–H and O–H groups in total. The summed E-state index contributed by atoms with van der Waals surface area (Å²) in [7, 11) is 0. The molecule has 2 aliphatic rings. The third-order valence-electron chi connectivity index (χ3n) is 5.35. The highest BCUT2D eigenvalue weighted by Gasteiger charge is 2.23. The number of rotatable bonds is 7. The van der Waals surface area contributed by atoms with Crippen LogP contribution >= 0.6 is 0 Å². The van der Waals surface area contributed by atoms with Gasteiger partial charge in [-0.1, -0.05) is 90.4 Å². The van der Waals surface area contributed by atoms with E-state index < -0.39 is 0 Å². The Kier molecular flexibility index (Phi) is 5.88. The van der Waals surface area contributed by atoms with Crippen molar-refractivity contribution in [2.24, 2.45) is 17.8 Å². The molecule has 2 saturated carbocycles. The Morgan fingerprint density at radius 3 is 2.18 bits per heavy atom. The maximum Gasteiger partial charge on any atom is -0.0386 e. The van der Waals surface area contributed by atoms with E-state index in [2.05, 4.69) is 6.92 Å². The predicted molar refractivity (Wildman–Crippen MR) is 75.8 cm³/mol. The fourth-order valence-corrected chi connectivity index (χ4v) is 4.18. The average Bonchev–Trinajstić information content (AvgIpc) is 3.01. The van der Waals surface area contributed by atoms with Crippen molar-refractivity contribution in [1.82, 2.24) is 0 Å². The van der Waals surface area contributed by atoms with E-state index in [0.717, 1.165) is 17.8 Å². The van der Waals surface area contributed by atoms with Crippen LogP contribution in [0.15, 0.2) is 0 Å². The fourth-order valence-electron chi connectivity index (χ4n) is 4.18. The zero-order valence-electron chi connectivity index (χ0n) is 11.6. The summed E-state index contributed by atoms with van der Waals surface area (Å²) in [4.78, 5) is 0. The van der Waals surface area contributed by atoms with E-state index in [4.69, 9.17) is 0 Å². The molecule has 0 aromatic heterocycles. The average molecular weight is 235 g/mol. The molecule has 0 aromatic carbocycles. The summed E-state index contributed by atoms with van der Waals surface area (Å²) in [6.45, 7) is 4.19. The third-order valence-corrected chi connectivity index (χ3v) is 5.35. The first-order chi connectivity index (χ1) is 8.40. The molecule has 1 unspecified atom stereocenters. The van der Waals surface area contributed by atoms with Crippen molar-refractivity contribution < 1.29 is 0 Å². The van der Waals surface area contributed by atoms with Gasteiger partial charge in [0.05, 0.1) is 0 Å². The van der Waals surface area contributed by atoms with Crippen molar-refractivity contribution >= 4 is 0 Å². The van der Waals surface area contributed by atoms with Crippen molar-refractivity contribution in [2.75, 3.05) is 0 Å². The Morgan fingerprint density at radius 2 is 1.53 bits per heavy atom. The highest BCUT2D eigenvalue weighted by atomic mass is 14.3. The Hall–Kier alpha value is 0. The van der Waals surface area contributed by atoms with Gasteiger partial charge in [0, 0.05) is 0 Å². The van der Waals surface area contributed by atoms with Gasteiger partial charge in [0.2, 0.25) is 0 Å². The van der Waals surface area contributed by atoms with Crippen LogP contribution in [0.3, 0.4) is 0 Å². The molecule has 0 saturated heterocycles. The van der Waals surface area contributed by atoms with Crippen molar-refractivity contribution in [3.63, 3.8) is 0 Å². The molecule has 0 amide bonds. The molecule has 99 valence electrons. The van der Waals surface area contributed by atoms with Crippen LogP contribution in [-0.4, -0.2) is 0 Å². The van der Waals surface area contributed by atoms with Gasteiger partial charge >= 0.3 is 0 Å². The summed E-state index contributed by atoms with van der Waals surface area (Å²) < 4.78 is 0. The summed E-state index contributed by atoms with van der Waals surface area (Å²) in [6.07, 6.45) is 19.2. The first-order valence-electron chi connectivity index (χ1n) is 8.19. The lowest BCUT2D eigenvalue weighted by Crippen LogP contribution is -2.10. The molecule has 0 aromatic rings.